The summed E-state index contributed by atoms with van der Waals surface area (Å²) in [5.74, 6) is 0. The topological polar surface area (TPSA) is 54.0 Å². The zero-order valence-corrected chi connectivity index (χ0v) is 30.6. The number of hydrogen-bond acceptors (Lipinski definition) is 2. The summed E-state index contributed by atoms with van der Waals surface area (Å²) in [7, 11) is 9.75. The van der Waals surface area contributed by atoms with Crippen molar-refractivity contribution in [2.24, 2.45) is 0 Å². The van der Waals surface area contributed by atoms with E-state index in [1.165, 1.54) is 44.5 Å². The van der Waals surface area contributed by atoms with E-state index in [1.807, 2.05) is 0 Å². The van der Waals surface area contributed by atoms with Crippen molar-refractivity contribution in [3.05, 3.63) is 69.3 Å². The van der Waals surface area contributed by atoms with Gasteiger partial charge in [0.05, 0.1) is 22.8 Å². The molecular weight excluding hydrogens is 766 g/mol. The molecule has 2 aliphatic rings. The summed E-state index contributed by atoms with van der Waals surface area (Å²) in [5.41, 5.74) is 19.1. The van der Waals surface area contributed by atoms with E-state index in [9.17, 15) is 0 Å². The molecule has 240 valence electrons. The molecule has 5 heterocycles. The van der Waals surface area contributed by atoms with Crippen molar-refractivity contribution in [1.29, 1.82) is 0 Å². The van der Waals surface area contributed by atoms with Gasteiger partial charge in [-0.25, -0.2) is 9.97 Å². The van der Waals surface area contributed by atoms with E-state index in [4.69, 9.17) is 38.8 Å². The van der Waals surface area contributed by atoms with Gasteiger partial charge in [0.15, 0.2) is 0 Å². The Hall–Kier alpha value is -2.13. The van der Waals surface area contributed by atoms with Crippen molar-refractivity contribution in [3.8, 4) is 0 Å². The second kappa shape index (κ2) is 16.4. The second-order valence-electron chi connectivity index (χ2n) is 10.8. The fraction of sp³-hybridized carbons (Fsp3) is 0.459. The van der Waals surface area contributed by atoms with Gasteiger partial charge in [-0.1, -0.05) is 109 Å². The molecule has 7 heteroatoms. The fourth-order valence-electron chi connectivity index (χ4n) is 6.92. The molecule has 2 aliphatic heterocycles. The van der Waals surface area contributed by atoms with E-state index in [-0.39, 0.29) is 7.43 Å². The van der Waals surface area contributed by atoms with Crippen molar-refractivity contribution in [1.82, 2.24) is 19.9 Å². The SMILES string of the molecule is C.CCC1=C(CC)c2cc3[n-]c(cc4nc(cc5[n-]c(cc1n2)c(CC)c5CC)C(CC)=C4CC)c(CC)c3CC.[Cl][Pt+2][Cl]. The Labute approximate surface area is 281 Å². The average Bonchev–Trinajstić information content (AvgIpc) is 3.72. The second-order valence-corrected chi connectivity index (χ2v) is 14.1. The van der Waals surface area contributed by atoms with E-state index >= 15 is 0 Å². The molecule has 3 aromatic heterocycles. The molecule has 5 rings (SSSR count). The summed E-state index contributed by atoms with van der Waals surface area (Å²) in [4.78, 5) is 21.0. The van der Waals surface area contributed by atoms with Crippen LogP contribution in [0.5, 0.6) is 0 Å². The quantitative estimate of drug-likeness (QED) is 0.227. The van der Waals surface area contributed by atoms with Crippen LogP contribution in [0.1, 0.15) is 134 Å². The molecule has 0 spiro atoms. The van der Waals surface area contributed by atoms with Crippen LogP contribution in [0.3, 0.4) is 0 Å². The predicted octanol–water partition coefficient (Wildman–Crippen LogP) is 11.3. The van der Waals surface area contributed by atoms with E-state index in [0.29, 0.717) is 0 Å². The summed E-state index contributed by atoms with van der Waals surface area (Å²) in [6, 6.07) is 8.98. The molecule has 0 aliphatic carbocycles. The van der Waals surface area contributed by atoms with Crippen molar-refractivity contribution >= 4 is 63.2 Å². The first-order valence-electron chi connectivity index (χ1n) is 15.8. The van der Waals surface area contributed by atoms with Crippen LogP contribution in [-0.4, -0.2) is 9.97 Å². The Morgan fingerprint density at radius 1 is 0.455 bits per heavy atom. The van der Waals surface area contributed by atoms with E-state index < -0.39 is 16.5 Å². The Kier molecular flexibility index (Phi) is 13.6. The summed E-state index contributed by atoms with van der Waals surface area (Å²) in [6.45, 7) is 17.9. The number of hydrogen-bond donors (Lipinski definition) is 0. The van der Waals surface area contributed by atoms with Gasteiger partial charge in [-0.05, 0) is 73.7 Å². The molecule has 0 saturated carbocycles. The minimum absolute atomic E-state index is 0. The van der Waals surface area contributed by atoms with Crippen LogP contribution >= 0.6 is 18.8 Å². The van der Waals surface area contributed by atoms with Crippen LogP contribution in [0.25, 0.3) is 44.4 Å². The van der Waals surface area contributed by atoms with Crippen LogP contribution in [0, 0.1) is 0 Å². The number of fused-ring (bicyclic) bond motifs is 8. The Morgan fingerprint density at radius 2 is 0.659 bits per heavy atom. The first kappa shape index (κ1) is 36.3. The molecule has 8 bridgehead atoms. The summed E-state index contributed by atoms with van der Waals surface area (Å²) in [5, 5.41) is 0. The van der Waals surface area contributed by atoms with Gasteiger partial charge in [-0.15, -0.1) is 22.1 Å². The minimum atomic E-state index is -0.472. The molecule has 0 radical (unpaired) electrons. The standard InChI is InChI=1S/C36H44N4.CH4.2ClH.Pt/c1-9-21-22(10-2)30-18-32-25(13-5)26(14-6)34(39-32)20-36-28(16-8)27(15-7)35(40-36)19-33-24(12-4)23(11-3)31(38-33)17-29(21)37-30;;;;/h17-20H,9-16H2,1-8H3;1H4;2*1H;/q-2;;;;+4/p-2. The maximum absolute atomic E-state index is 5.25. The van der Waals surface area contributed by atoms with Crippen molar-refractivity contribution in [3.63, 3.8) is 0 Å². The third-order valence-electron chi connectivity index (χ3n) is 8.82. The van der Waals surface area contributed by atoms with Gasteiger partial charge in [0.2, 0.25) is 0 Å². The maximum atomic E-state index is 5.25. The van der Waals surface area contributed by atoms with Gasteiger partial charge in [-0.2, -0.15) is 0 Å². The summed E-state index contributed by atoms with van der Waals surface area (Å²) in [6.07, 6.45) is 7.60. The molecule has 0 unspecified atom stereocenters. The number of nitrogens with zero attached hydrogens (tertiary/aromatic N) is 4. The molecule has 0 atom stereocenters. The van der Waals surface area contributed by atoms with Crippen LogP contribution in [0.4, 0.5) is 0 Å². The third kappa shape index (κ3) is 6.84. The number of allylic oxidation sites excluding steroid dienone is 4. The van der Waals surface area contributed by atoms with Crippen LogP contribution < -0.4 is 9.97 Å². The fourth-order valence-corrected chi connectivity index (χ4v) is 6.92. The Balaban J connectivity index is 0.00000127. The zero-order chi connectivity index (χ0) is 31.3. The van der Waals surface area contributed by atoms with Gasteiger partial charge in [0, 0.05) is 0 Å². The molecule has 0 aromatic carbocycles. The van der Waals surface area contributed by atoms with Crippen LogP contribution in [0.2, 0.25) is 0 Å². The van der Waals surface area contributed by atoms with Crippen molar-refractivity contribution < 1.29 is 16.5 Å². The predicted molar refractivity (Wildman–Crippen MR) is 190 cm³/mol. The molecule has 44 heavy (non-hydrogen) atoms. The molecule has 3 aromatic rings. The Bertz CT molecular complexity index is 1470. The van der Waals surface area contributed by atoms with Crippen LogP contribution in [-0.2, 0) is 42.2 Å². The molecule has 0 fully saturated rings. The summed E-state index contributed by atoms with van der Waals surface area (Å²) < 4.78 is 0. The number of aromatic nitrogens is 4. The van der Waals surface area contributed by atoms with Gasteiger partial charge in [-0.3, -0.25) is 0 Å². The van der Waals surface area contributed by atoms with Gasteiger partial charge in [0.25, 0.3) is 0 Å². The molecule has 0 N–H and O–H groups in total. The first-order chi connectivity index (χ1) is 20.9. The Morgan fingerprint density at radius 3 is 0.818 bits per heavy atom. The summed E-state index contributed by atoms with van der Waals surface area (Å²) >= 11 is -0.472. The molecular formula is C37H48Cl2N4Pt. The van der Waals surface area contributed by atoms with E-state index in [2.05, 4.69) is 79.7 Å². The number of aryl methyl sites for hydroxylation is 4. The molecule has 0 amide bonds. The third-order valence-corrected chi connectivity index (χ3v) is 8.82. The van der Waals surface area contributed by atoms with E-state index in [0.717, 1.165) is 96.2 Å². The van der Waals surface area contributed by atoms with Crippen LogP contribution in [0.15, 0.2) is 24.3 Å². The van der Waals surface area contributed by atoms with Gasteiger partial charge >= 0.3 is 35.3 Å². The van der Waals surface area contributed by atoms with Gasteiger partial charge < -0.3 is 9.97 Å². The van der Waals surface area contributed by atoms with E-state index in [1.54, 1.807) is 0 Å². The van der Waals surface area contributed by atoms with Crippen molar-refractivity contribution in [2.75, 3.05) is 0 Å². The van der Waals surface area contributed by atoms with Crippen molar-refractivity contribution in [2.45, 2.75) is 114 Å². The number of halogens is 2. The van der Waals surface area contributed by atoms with Gasteiger partial charge in [0.1, 0.15) is 0 Å². The normalized spacial score (nSPS) is 12.9. The first-order valence-corrected chi connectivity index (χ1v) is 21.5. The molecule has 4 nitrogen and oxygen atoms in total. The molecule has 0 saturated heterocycles. The zero-order valence-electron chi connectivity index (χ0n) is 26.8. The average molecular weight is 815 g/mol. The number of rotatable bonds is 8. The monoisotopic (exact) mass is 813 g/mol.